The van der Waals surface area contributed by atoms with Crippen LogP contribution in [-0.2, 0) is 0 Å². The van der Waals surface area contributed by atoms with Crippen molar-refractivity contribution >= 4 is 11.6 Å². The zero-order chi connectivity index (χ0) is 19.3. The second-order valence-electron chi connectivity index (χ2n) is 8.78. The Morgan fingerprint density at radius 1 is 0.481 bits per heavy atom. The van der Waals surface area contributed by atoms with Crippen LogP contribution < -0.4 is 17.0 Å². The zero-order valence-electron chi connectivity index (χ0n) is 19.1. The van der Waals surface area contributed by atoms with Crippen molar-refractivity contribution in [3.8, 4) is 0 Å². The van der Waals surface area contributed by atoms with Gasteiger partial charge in [0.15, 0.2) is 0 Å². The van der Waals surface area contributed by atoms with Crippen LogP contribution in [0.25, 0.3) is 0 Å². The molecule has 0 aromatic carbocycles. The molecular formula is C24H51BrClN. The Balaban J connectivity index is 0. The van der Waals surface area contributed by atoms with Crippen LogP contribution in [0.2, 0.25) is 0 Å². The van der Waals surface area contributed by atoms with E-state index in [9.17, 15) is 0 Å². The maximum absolute atomic E-state index is 5.99. The quantitative estimate of drug-likeness (QED) is 0.121. The molecule has 0 fully saturated rings. The molecule has 0 aromatic rings. The van der Waals surface area contributed by atoms with Gasteiger partial charge in [0, 0.05) is 12.3 Å². The standard InChI is InChI=1S/C24H51ClN.BrH/c1-4-6-8-10-12-14-16-18-22-26(3,24-20-21-25)23-19-17-15-13-11-9-7-5-2;/h4-24H2,1-3H3;1H/q+1;/p-1. The molecule has 0 rings (SSSR count). The van der Waals surface area contributed by atoms with E-state index in [0.717, 1.165) is 5.88 Å². The van der Waals surface area contributed by atoms with Crippen LogP contribution in [0, 0.1) is 0 Å². The van der Waals surface area contributed by atoms with Gasteiger partial charge in [-0.25, -0.2) is 0 Å². The smallest absolute Gasteiger partial charge is 0.0796 e. The Morgan fingerprint density at radius 2 is 0.778 bits per heavy atom. The van der Waals surface area contributed by atoms with Crippen molar-refractivity contribution < 1.29 is 21.5 Å². The fraction of sp³-hybridized carbons (Fsp3) is 1.00. The number of rotatable bonds is 21. The molecule has 3 heteroatoms. The fourth-order valence-corrected chi connectivity index (χ4v) is 4.15. The highest BCUT2D eigenvalue weighted by Crippen LogP contribution is 2.15. The molecule has 0 aliphatic rings. The lowest BCUT2D eigenvalue weighted by atomic mass is 10.1. The molecule has 1 nitrogen and oxygen atoms in total. The Morgan fingerprint density at radius 3 is 1.11 bits per heavy atom. The van der Waals surface area contributed by atoms with Gasteiger partial charge < -0.3 is 21.5 Å². The zero-order valence-corrected chi connectivity index (χ0v) is 21.4. The maximum atomic E-state index is 5.99. The van der Waals surface area contributed by atoms with Crippen molar-refractivity contribution in [1.29, 1.82) is 0 Å². The minimum atomic E-state index is 0. The second kappa shape index (κ2) is 23.0. The van der Waals surface area contributed by atoms with Gasteiger partial charge in [-0.2, -0.15) is 0 Å². The van der Waals surface area contributed by atoms with Gasteiger partial charge in [0.1, 0.15) is 0 Å². The van der Waals surface area contributed by atoms with Gasteiger partial charge in [0.05, 0.1) is 26.7 Å². The van der Waals surface area contributed by atoms with Crippen molar-refractivity contribution in [2.45, 2.75) is 123 Å². The van der Waals surface area contributed by atoms with E-state index in [2.05, 4.69) is 20.9 Å². The lowest BCUT2D eigenvalue weighted by molar-refractivity contribution is -0.910. The number of unbranched alkanes of at least 4 members (excludes halogenated alkanes) is 14. The summed E-state index contributed by atoms with van der Waals surface area (Å²) in [6, 6.07) is 0. The third-order valence-electron chi connectivity index (χ3n) is 5.93. The third-order valence-corrected chi connectivity index (χ3v) is 6.20. The molecule has 0 aliphatic heterocycles. The van der Waals surface area contributed by atoms with E-state index in [-0.39, 0.29) is 17.0 Å². The van der Waals surface area contributed by atoms with Gasteiger partial charge in [0.25, 0.3) is 0 Å². The van der Waals surface area contributed by atoms with Crippen LogP contribution in [0.1, 0.15) is 123 Å². The van der Waals surface area contributed by atoms with Gasteiger partial charge in [-0.1, -0.05) is 90.9 Å². The number of hydrogen-bond acceptors (Lipinski definition) is 0. The lowest BCUT2D eigenvalue weighted by Crippen LogP contribution is -3.00. The van der Waals surface area contributed by atoms with Gasteiger partial charge in [-0.3, -0.25) is 0 Å². The summed E-state index contributed by atoms with van der Waals surface area (Å²) in [4.78, 5) is 0. The monoisotopic (exact) mass is 467 g/mol. The summed E-state index contributed by atoms with van der Waals surface area (Å²) in [7, 11) is 2.48. The van der Waals surface area contributed by atoms with Crippen LogP contribution in [0.5, 0.6) is 0 Å². The summed E-state index contributed by atoms with van der Waals surface area (Å²) in [6.07, 6.45) is 24.0. The van der Waals surface area contributed by atoms with Crippen molar-refractivity contribution in [2.75, 3.05) is 32.6 Å². The number of alkyl halides is 1. The fourth-order valence-electron chi connectivity index (χ4n) is 4.03. The Labute approximate surface area is 188 Å². The average Bonchev–Trinajstić information content (AvgIpc) is 2.64. The SMILES string of the molecule is CCCCCCCCCC[N+](C)(CCCCl)CCCCCCCCCC.[Br-]. The van der Waals surface area contributed by atoms with Crippen LogP contribution in [0.4, 0.5) is 0 Å². The highest BCUT2D eigenvalue weighted by atomic mass is 79.9. The molecule has 0 N–H and O–H groups in total. The van der Waals surface area contributed by atoms with Crippen molar-refractivity contribution in [1.82, 2.24) is 0 Å². The lowest BCUT2D eigenvalue weighted by Gasteiger charge is -2.35. The Bertz CT molecular complexity index is 253. The minimum Gasteiger partial charge on any atom is -1.00 e. The van der Waals surface area contributed by atoms with E-state index < -0.39 is 0 Å². The van der Waals surface area contributed by atoms with Crippen molar-refractivity contribution in [3.05, 3.63) is 0 Å². The molecule has 0 aromatic heterocycles. The molecule has 27 heavy (non-hydrogen) atoms. The van der Waals surface area contributed by atoms with Crippen LogP contribution in [0.15, 0.2) is 0 Å². The van der Waals surface area contributed by atoms with Gasteiger partial charge in [0.2, 0.25) is 0 Å². The van der Waals surface area contributed by atoms with Gasteiger partial charge in [-0.15, -0.1) is 11.6 Å². The summed E-state index contributed by atoms with van der Waals surface area (Å²) in [5, 5.41) is 0. The minimum absolute atomic E-state index is 0. The maximum Gasteiger partial charge on any atom is 0.0796 e. The number of quaternary nitrogens is 1. The summed E-state index contributed by atoms with van der Waals surface area (Å²) in [5.41, 5.74) is 0. The molecule has 0 spiro atoms. The van der Waals surface area contributed by atoms with Crippen molar-refractivity contribution in [2.24, 2.45) is 0 Å². The largest absolute Gasteiger partial charge is 1.00 e. The first kappa shape index (κ1) is 29.9. The molecule has 0 heterocycles. The predicted octanol–water partition coefficient (Wildman–Crippen LogP) is 5.35. The first-order valence-electron chi connectivity index (χ1n) is 12.1. The van der Waals surface area contributed by atoms with Gasteiger partial charge in [-0.05, 0) is 25.7 Å². The first-order valence-corrected chi connectivity index (χ1v) is 12.6. The Kier molecular flexibility index (Phi) is 25.5. The van der Waals surface area contributed by atoms with Gasteiger partial charge >= 0.3 is 0 Å². The van der Waals surface area contributed by atoms with Crippen LogP contribution >= 0.6 is 11.6 Å². The highest BCUT2D eigenvalue weighted by molar-refractivity contribution is 6.17. The number of halogens is 2. The first-order chi connectivity index (χ1) is 12.7. The second-order valence-corrected chi connectivity index (χ2v) is 9.16. The molecule has 0 atom stereocenters. The molecule has 0 bridgehead atoms. The molecule has 0 saturated heterocycles. The molecular weight excluding hydrogens is 418 g/mol. The van der Waals surface area contributed by atoms with E-state index in [4.69, 9.17) is 11.6 Å². The molecule has 0 amide bonds. The summed E-state index contributed by atoms with van der Waals surface area (Å²) in [6.45, 7) is 8.60. The summed E-state index contributed by atoms with van der Waals surface area (Å²) < 4.78 is 1.26. The van der Waals surface area contributed by atoms with Crippen molar-refractivity contribution in [3.63, 3.8) is 0 Å². The van der Waals surface area contributed by atoms with E-state index in [1.54, 1.807) is 0 Å². The molecule has 0 saturated carbocycles. The van der Waals surface area contributed by atoms with Crippen LogP contribution in [-0.4, -0.2) is 37.0 Å². The third kappa shape index (κ3) is 21.3. The molecule has 0 radical (unpaired) electrons. The number of nitrogens with zero attached hydrogens (tertiary/aromatic N) is 1. The molecule has 0 aliphatic carbocycles. The highest BCUT2D eigenvalue weighted by Gasteiger charge is 2.19. The summed E-state index contributed by atoms with van der Waals surface area (Å²) in [5.74, 6) is 0.822. The molecule has 166 valence electrons. The topological polar surface area (TPSA) is 0 Å². The van der Waals surface area contributed by atoms with E-state index in [0.29, 0.717) is 0 Å². The normalized spacial score (nSPS) is 11.6. The van der Waals surface area contributed by atoms with E-state index >= 15 is 0 Å². The van der Waals surface area contributed by atoms with Crippen LogP contribution in [0.3, 0.4) is 0 Å². The number of hydrogen-bond donors (Lipinski definition) is 0. The molecule has 0 unspecified atom stereocenters. The predicted molar refractivity (Wildman–Crippen MR) is 121 cm³/mol. The van der Waals surface area contributed by atoms with E-state index in [1.807, 2.05) is 0 Å². The summed E-state index contributed by atoms with van der Waals surface area (Å²) >= 11 is 5.99. The Hall–Kier alpha value is 0.730. The average molecular weight is 469 g/mol. The van der Waals surface area contributed by atoms with E-state index in [1.165, 1.54) is 133 Å².